The second kappa shape index (κ2) is 6.70. The van der Waals surface area contributed by atoms with Gasteiger partial charge in [0.15, 0.2) is 5.82 Å². The van der Waals surface area contributed by atoms with Gasteiger partial charge in [-0.25, -0.2) is 19.0 Å². The molecule has 2 aromatic heterocycles. The molecule has 1 N–H and O–H groups in total. The van der Waals surface area contributed by atoms with Gasteiger partial charge in [0.2, 0.25) is 11.8 Å². The molecule has 144 valence electrons. The SMILES string of the molecule is CCOc1cc(-c2ncc3c(n2)NC(=O)C3(C)C)nn1Cc1ccccc1F. The molecule has 1 aliphatic rings. The van der Waals surface area contributed by atoms with E-state index >= 15 is 0 Å². The number of anilines is 1. The molecule has 0 aliphatic carbocycles. The summed E-state index contributed by atoms with van der Waals surface area (Å²) >= 11 is 0. The molecule has 0 unspecified atom stereocenters. The highest BCUT2D eigenvalue weighted by Crippen LogP contribution is 2.36. The summed E-state index contributed by atoms with van der Waals surface area (Å²) in [5, 5.41) is 7.29. The monoisotopic (exact) mass is 381 g/mol. The number of nitrogens with one attached hydrogen (secondary N) is 1. The number of halogens is 1. The second-order valence-corrected chi connectivity index (χ2v) is 7.08. The van der Waals surface area contributed by atoms with Crippen LogP contribution in [0.5, 0.6) is 5.88 Å². The number of carbonyl (C=O) groups excluding carboxylic acids is 1. The van der Waals surface area contributed by atoms with Gasteiger partial charge in [-0.05, 0) is 26.8 Å². The molecule has 3 aromatic rings. The molecule has 4 rings (SSSR count). The van der Waals surface area contributed by atoms with Crippen LogP contribution in [0.15, 0.2) is 36.5 Å². The fourth-order valence-corrected chi connectivity index (χ4v) is 3.12. The van der Waals surface area contributed by atoms with E-state index in [1.54, 1.807) is 35.1 Å². The normalized spacial score (nSPS) is 14.6. The summed E-state index contributed by atoms with van der Waals surface area (Å²) in [7, 11) is 0. The van der Waals surface area contributed by atoms with E-state index in [0.29, 0.717) is 35.4 Å². The van der Waals surface area contributed by atoms with Gasteiger partial charge in [-0.1, -0.05) is 18.2 Å². The number of carbonyl (C=O) groups is 1. The largest absolute Gasteiger partial charge is 0.478 e. The topological polar surface area (TPSA) is 81.9 Å². The summed E-state index contributed by atoms with van der Waals surface area (Å²) in [5.41, 5.74) is 1.06. The lowest BCUT2D eigenvalue weighted by molar-refractivity contribution is -0.119. The molecule has 8 heteroatoms. The Balaban J connectivity index is 1.71. The smallest absolute Gasteiger partial charge is 0.235 e. The predicted octanol–water partition coefficient (Wildman–Crippen LogP) is 3.16. The highest BCUT2D eigenvalue weighted by molar-refractivity contribution is 6.04. The van der Waals surface area contributed by atoms with Crippen LogP contribution in [0.2, 0.25) is 0 Å². The van der Waals surface area contributed by atoms with Crippen molar-refractivity contribution >= 4 is 11.7 Å². The van der Waals surface area contributed by atoms with E-state index in [4.69, 9.17) is 4.74 Å². The molecule has 28 heavy (non-hydrogen) atoms. The first-order valence-corrected chi connectivity index (χ1v) is 9.03. The van der Waals surface area contributed by atoms with Crippen LogP contribution in [-0.2, 0) is 16.8 Å². The van der Waals surface area contributed by atoms with E-state index in [1.165, 1.54) is 6.07 Å². The first kappa shape index (κ1) is 18.1. The lowest BCUT2D eigenvalue weighted by Gasteiger charge is -2.13. The number of hydrogen-bond donors (Lipinski definition) is 1. The van der Waals surface area contributed by atoms with Gasteiger partial charge >= 0.3 is 0 Å². The molecule has 0 radical (unpaired) electrons. The molecule has 0 fully saturated rings. The maximum absolute atomic E-state index is 14.0. The van der Waals surface area contributed by atoms with E-state index in [0.717, 1.165) is 5.56 Å². The van der Waals surface area contributed by atoms with Crippen molar-refractivity contribution in [3.05, 3.63) is 53.5 Å². The molecular weight excluding hydrogens is 361 g/mol. The Kier molecular flexibility index (Phi) is 4.33. The van der Waals surface area contributed by atoms with E-state index in [-0.39, 0.29) is 18.3 Å². The Morgan fingerprint density at radius 1 is 1.29 bits per heavy atom. The van der Waals surface area contributed by atoms with Gasteiger partial charge in [-0.3, -0.25) is 4.79 Å². The molecule has 0 saturated heterocycles. The number of ether oxygens (including phenoxy) is 1. The zero-order chi connectivity index (χ0) is 19.9. The number of hydrogen-bond acceptors (Lipinski definition) is 5. The van der Waals surface area contributed by atoms with Crippen LogP contribution < -0.4 is 10.1 Å². The summed E-state index contributed by atoms with van der Waals surface area (Å²) in [6.07, 6.45) is 1.64. The Morgan fingerprint density at radius 3 is 2.82 bits per heavy atom. The Morgan fingerprint density at radius 2 is 2.07 bits per heavy atom. The average molecular weight is 381 g/mol. The molecule has 0 atom stereocenters. The van der Waals surface area contributed by atoms with Crippen molar-refractivity contribution in [1.29, 1.82) is 0 Å². The number of benzene rings is 1. The van der Waals surface area contributed by atoms with E-state index in [1.807, 2.05) is 20.8 Å². The molecule has 7 nitrogen and oxygen atoms in total. The zero-order valence-corrected chi connectivity index (χ0v) is 15.9. The van der Waals surface area contributed by atoms with Crippen LogP contribution in [0.3, 0.4) is 0 Å². The minimum Gasteiger partial charge on any atom is -0.478 e. The second-order valence-electron chi connectivity index (χ2n) is 7.08. The van der Waals surface area contributed by atoms with Crippen LogP contribution in [-0.4, -0.2) is 32.3 Å². The third-order valence-corrected chi connectivity index (χ3v) is 4.80. The number of fused-ring (bicyclic) bond motifs is 1. The quantitative estimate of drug-likeness (QED) is 0.734. The van der Waals surface area contributed by atoms with Crippen molar-refractivity contribution in [3.63, 3.8) is 0 Å². The molecule has 0 bridgehead atoms. The van der Waals surface area contributed by atoms with Gasteiger partial charge in [-0.15, -0.1) is 0 Å². The third-order valence-electron chi connectivity index (χ3n) is 4.80. The third kappa shape index (κ3) is 3.00. The van der Waals surface area contributed by atoms with Crippen LogP contribution >= 0.6 is 0 Å². The summed E-state index contributed by atoms with van der Waals surface area (Å²) < 4.78 is 21.3. The maximum Gasteiger partial charge on any atom is 0.235 e. The van der Waals surface area contributed by atoms with Crippen LogP contribution in [0.4, 0.5) is 10.2 Å². The minimum atomic E-state index is -0.672. The Bertz CT molecular complexity index is 1060. The predicted molar refractivity (Wildman–Crippen MR) is 102 cm³/mol. The van der Waals surface area contributed by atoms with Crippen molar-refractivity contribution in [1.82, 2.24) is 19.7 Å². The fourth-order valence-electron chi connectivity index (χ4n) is 3.12. The number of amides is 1. The number of nitrogens with zero attached hydrogens (tertiary/aromatic N) is 4. The molecule has 1 aromatic carbocycles. The first-order chi connectivity index (χ1) is 13.4. The van der Waals surface area contributed by atoms with Crippen LogP contribution in [0.25, 0.3) is 11.5 Å². The van der Waals surface area contributed by atoms with Crippen molar-refractivity contribution in [2.75, 3.05) is 11.9 Å². The average Bonchev–Trinajstić information content (AvgIpc) is 3.16. The number of rotatable bonds is 5. The highest BCUT2D eigenvalue weighted by atomic mass is 19.1. The van der Waals surface area contributed by atoms with Gasteiger partial charge in [0.05, 0.1) is 18.6 Å². The minimum absolute atomic E-state index is 0.117. The summed E-state index contributed by atoms with van der Waals surface area (Å²) in [6, 6.07) is 8.25. The molecule has 0 spiro atoms. The zero-order valence-electron chi connectivity index (χ0n) is 15.9. The molecular formula is C20H20FN5O2. The van der Waals surface area contributed by atoms with Crippen molar-refractivity contribution < 1.29 is 13.9 Å². The Labute approximate surface area is 161 Å². The van der Waals surface area contributed by atoms with E-state index < -0.39 is 5.41 Å². The van der Waals surface area contributed by atoms with Crippen molar-refractivity contribution in [3.8, 4) is 17.4 Å². The van der Waals surface area contributed by atoms with Gasteiger partial charge in [0, 0.05) is 23.4 Å². The van der Waals surface area contributed by atoms with Crippen molar-refractivity contribution in [2.45, 2.75) is 32.7 Å². The van der Waals surface area contributed by atoms with Crippen LogP contribution in [0, 0.1) is 5.82 Å². The van der Waals surface area contributed by atoms with Crippen molar-refractivity contribution in [2.24, 2.45) is 0 Å². The van der Waals surface area contributed by atoms with Gasteiger partial charge in [-0.2, -0.15) is 5.10 Å². The molecule has 1 amide bonds. The molecule has 3 heterocycles. The van der Waals surface area contributed by atoms with Gasteiger partial charge in [0.25, 0.3) is 0 Å². The fraction of sp³-hybridized carbons (Fsp3) is 0.300. The van der Waals surface area contributed by atoms with Gasteiger partial charge in [0.1, 0.15) is 17.3 Å². The van der Waals surface area contributed by atoms with E-state index in [2.05, 4.69) is 20.4 Å². The van der Waals surface area contributed by atoms with E-state index in [9.17, 15) is 9.18 Å². The lowest BCUT2D eigenvalue weighted by atomic mass is 9.88. The maximum atomic E-state index is 14.0. The molecule has 0 saturated carbocycles. The summed E-state index contributed by atoms with van der Waals surface area (Å²) in [5.74, 6) is 0.926. The first-order valence-electron chi connectivity index (χ1n) is 9.03. The van der Waals surface area contributed by atoms with Crippen LogP contribution in [0.1, 0.15) is 31.9 Å². The summed E-state index contributed by atoms with van der Waals surface area (Å²) in [6.45, 7) is 6.18. The highest BCUT2D eigenvalue weighted by Gasteiger charge is 2.40. The standard InChI is InChI=1S/C20H20FN5O2/c1-4-28-16-9-15(25-26(16)11-12-7-5-6-8-14(12)21)18-22-10-13-17(23-18)24-19(27)20(13,2)3/h5-10H,4,11H2,1-3H3,(H,22,23,24,27). The Hall–Kier alpha value is -3.29. The summed E-state index contributed by atoms with van der Waals surface area (Å²) in [4.78, 5) is 21.0. The lowest BCUT2D eigenvalue weighted by Crippen LogP contribution is -2.26. The number of aromatic nitrogens is 4. The molecule has 1 aliphatic heterocycles. The van der Waals surface area contributed by atoms with Gasteiger partial charge < -0.3 is 10.1 Å².